The Hall–Kier alpha value is -3.27. The molecule has 2 aromatic heterocycles. The lowest BCUT2D eigenvalue weighted by Gasteiger charge is -2.11. The van der Waals surface area contributed by atoms with E-state index in [-0.39, 0.29) is 37.0 Å². The van der Waals surface area contributed by atoms with Crippen LogP contribution in [-0.2, 0) is 16.1 Å². The molecule has 4 rings (SSSR count). The van der Waals surface area contributed by atoms with Crippen LogP contribution in [0.4, 0.5) is 5.69 Å². The lowest BCUT2D eigenvalue weighted by molar-refractivity contribution is -0.125. The normalized spacial score (nSPS) is 15.7. The number of rotatable bonds is 6. The maximum atomic E-state index is 12.4. The first-order valence-electron chi connectivity index (χ1n) is 8.76. The van der Waals surface area contributed by atoms with Crippen molar-refractivity contribution in [3.05, 3.63) is 57.8 Å². The SMILES string of the molecule is CN1C(=O)C(CC(=O)NCCn2nnn(-c3cccs3)c2=O)c2ccccc21. The summed E-state index contributed by atoms with van der Waals surface area (Å²) in [6.45, 7) is 0.422. The molecule has 144 valence electrons. The number of aromatic nitrogens is 4. The third kappa shape index (κ3) is 3.22. The Morgan fingerprint density at radius 1 is 1.18 bits per heavy atom. The zero-order valence-corrected chi connectivity index (χ0v) is 15.9. The van der Waals surface area contributed by atoms with Crippen LogP contribution in [0.3, 0.4) is 0 Å². The van der Waals surface area contributed by atoms with Crippen molar-refractivity contribution in [3.8, 4) is 5.00 Å². The van der Waals surface area contributed by atoms with Crippen LogP contribution in [0.25, 0.3) is 5.00 Å². The second-order valence-corrected chi connectivity index (χ2v) is 7.34. The molecule has 0 saturated heterocycles. The van der Waals surface area contributed by atoms with E-state index < -0.39 is 5.92 Å². The van der Waals surface area contributed by atoms with Gasteiger partial charge in [0, 0.05) is 25.7 Å². The predicted octanol–water partition coefficient (Wildman–Crippen LogP) is 0.757. The number of carbonyl (C=O) groups excluding carboxylic acids is 2. The van der Waals surface area contributed by atoms with E-state index in [0.29, 0.717) is 5.00 Å². The zero-order chi connectivity index (χ0) is 19.7. The van der Waals surface area contributed by atoms with Crippen molar-refractivity contribution in [2.75, 3.05) is 18.5 Å². The van der Waals surface area contributed by atoms with E-state index in [9.17, 15) is 14.4 Å². The number of nitrogens with one attached hydrogen (secondary N) is 1. The largest absolute Gasteiger partial charge is 0.369 e. The van der Waals surface area contributed by atoms with Crippen LogP contribution in [0.5, 0.6) is 0 Å². The molecule has 2 amide bonds. The number of thiophene rings is 1. The topological polar surface area (TPSA) is 102 Å². The van der Waals surface area contributed by atoms with Gasteiger partial charge in [-0.1, -0.05) is 18.2 Å². The van der Waals surface area contributed by atoms with Gasteiger partial charge in [-0.05, 0) is 39.6 Å². The van der Waals surface area contributed by atoms with E-state index in [2.05, 4.69) is 15.7 Å². The number of likely N-dealkylation sites (N-methyl/N-ethyl adjacent to an activating group) is 1. The number of tetrazole rings is 1. The van der Waals surface area contributed by atoms with Gasteiger partial charge in [0.2, 0.25) is 11.8 Å². The first kappa shape index (κ1) is 18.1. The Bertz CT molecular complexity index is 1070. The molecule has 0 aliphatic carbocycles. The van der Waals surface area contributed by atoms with Gasteiger partial charge in [0.05, 0.1) is 12.5 Å². The van der Waals surface area contributed by atoms with Crippen molar-refractivity contribution in [2.45, 2.75) is 18.9 Å². The number of anilines is 1. The van der Waals surface area contributed by atoms with Crippen LogP contribution in [0, 0.1) is 0 Å². The van der Waals surface area contributed by atoms with Gasteiger partial charge in [-0.25, -0.2) is 4.79 Å². The van der Waals surface area contributed by atoms with E-state index in [4.69, 9.17) is 0 Å². The Morgan fingerprint density at radius 2 is 2.00 bits per heavy atom. The van der Waals surface area contributed by atoms with Crippen LogP contribution in [0.1, 0.15) is 17.9 Å². The number of amides is 2. The zero-order valence-electron chi connectivity index (χ0n) is 15.1. The van der Waals surface area contributed by atoms with Crippen LogP contribution in [-0.4, -0.2) is 45.2 Å². The van der Waals surface area contributed by atoms with Crippen molar-refractivity contribution < 1.29 is 9.59 Å². The van der Waals surface area contributed by atoms with Gasteiger partial charge in [-0.15, -0.1) is 11.3 Å². The molecular formula is C18H18N6O3S. The van der Waals surface area contributed by atoms with E-state index in [1.165, 1.54) is 20.7 Å². The number of fused-ring (bicyclic) bond motifs is 1. The minimum Gasteiger partial charge on any atom is -0.354 e. The number of nitrogens with zero attached hydrogens (tertiary/aromatic N) is 5. The summed E-state index contributed by atoms with van der Waals surface area (Å²) in [6.07, 6.45) is 0.0664. The summed E-state index contributed by atoms with van der Waals surface area (Å²) in [6, 6.07) is 11.1. The van der Waals surface area contributed by atoms with E-state index in [1.807, 2.05) is 35.7 Å². The molecule has 1 unspecified atom stereocenters. The summed E-state index contributed by atoms with van der Waals surface area (Å²) < 4.78 is 2.42. The third-order valence-corrected chi connectivity index (χ3v) is 5.54. The number of hydrogen-bond donors (Lipinski definition) is 1. The summed E-state index contributed by atoms with van der Waals surface area (Å²) >= 11 is 1.39. The molecule has 0 bridgehead atoms. The van der Waals surface area contributed by atoms with Crippen LogP contribution in [0.2, 0.25) is 0 Å². The predicted molar refractivity (Wildman–Crippen MR) is 104 cm³/mol. The Balaban J connectivity index is 1.35. The summed E-state index contributed by atoms with van der Waals surface area (Å²) in [4.78, 5) is 38.6. The van der Waals surface area contributed by atoms with Gasteiger partial charge in [-0.3, -0.25) is 9.59 Å². The summed E-state index contributed by atoms with van der Waals surface area (Å²) in [7, 11) is 1.71. The van der Waals surface area contributed by atoms with Gasteiger partial charge in [-0.2, -0.15) is 9.36 Å². The molecule has 1 atom stereocenters. The second kappa shape index (κ2) is 7.39. The first-order valence-corrected chi connectivity index (χ1v) is 9.64. The Kier molecular flexibility index (Phi) is 4.78. The summed E-state index contributed by atoms with van der Waals surface area (Å²) in [5.74, 6) is -0.822. The maximum absolute atomic E-state index is 12.4. The average Bonchev–Trinajstić information content (AvgIpc) is 3.39. The van der Waals surface area contributed by atoms with Crippen LogP contribution < -0.4 is 15.9 Å². The van der Waals surface area contributed by atoms with Crippen molar-refractivity contribution >= 4 is 28.8 Å². The van der Waals surface area contributed by atoms with Gasteiger partial charge >= 0.3 is 5.69 Å². The fraction of sp³-hybridized carbons (Fsp3) is 0.278. The lowest BCUT2D eigenvalue weighted by Crippen LogP contribution is -2.33. The van der Waals surface area contributed by atoms with Crippen LogP contribution in [0.15, 0.2) is 46.6 Å². The lowest BCUT2D eigenvalue weighted by atomic mass is 9.97. The molecule has 10 heteroatoms. The van der Waals surface area contributed by atoms with Crippen molar-refractivity contribution in [1.82, 2.24) is 25.1 Å². The number of benzene rings is 1. The highest BCUT2D eigenvalue weighted by molar-refractivity contribution is 7.12. The Morgan fingerprint density at radius 3 is 2.79 bits per heavy atom. The second-order valence-electron chi connectivity index (χ2n) is 6.41. The fourth-order valence-corrected chi connectivity index (χ4v) is 3.94. The molecule has 3 heterocycles. The smallest absolute Gasteiger partial charge is 0.354 e. The van der Waals surface area contributed by atoms with Crippen molar-refractivity contribution in [1.29, 1.82) is 0 Å². The van der Waals surface area contributed by atoms with Crippen molar-refractivity contribution in [3.63, 3.8) is 0 Å². The third-order valence-electron chi connectivity index (χ3n) is 4.69. The molecule has 1 aromatic carbocycles. The fourth-order valence-electron chi connectivity index (χ4n) is 3.27. The van der Waals surface area contributed by atoms with E-state index in [1.54, 1.807) is 18.0 Å². The van der Waals surface area contributed by atoms with Gasteiger partial charge in [0.1, 0.15) is 5.00 Å². The summed E-state index contributed by atoms with van der Waals surface area (Å²) in [5.41, 5.74) is 1.33. The quantitative estimate of drug-likeness (QED) is 0.660. The summed E-state index contributed by atoms with van der Waals surface area (Å²) in [5, 5.41) is 13.0. The first-order chi connectivity index (χ1) is 13.6. The maximum Gasteiger partial charge on any atom is 0.369 e. The molecule has 0 spiro atoms. The standard InChI is InChI=1S/C18H18N6O3S/c1-22-14-6-3-2-5-12(14)13(17(22)26)11-15(25)19-8-9-23-18(27)24(21-20-23)16-7-4-10-28-16/h2-7,10,13H,8-9,11H2,1H3,(H,19,25). The number of carbonyl (C=O) groups is 2. The van der Waals surface area contributed by atoms with Crippen molar-refractivity contribution in [2.24, 2.45) is 0 Å². The molecule has 0 radical (unpaired) electrons. The number of para-hydroxylation sites is 1. The van der Waals surface area contributed by atoms with Gasteiger partial charge in [0.25, 0.3) is 0 Å². The molecule has 1 aliphatic heterocycles. The molecule has 28 heavy (non-hydrogen) atoms. The molecular weight excluding hydrogens is 380 g/mol. The molecule has 1 aliphatic rings. The van der Waals surface area contributed by atoms with Crippen LogP contribution >= 0.6 is 11.3 Å². The van der Waals surface area contributed by atoms with Gasteiger partial charge < -0.3 is 10.2 Å². The molecule has 0 fully saturated rings. The average molecular weight is 398 g/mol. The highest BCUT2D eigenvalue weighted by Crippen LogP contribution is 2.37. The molecule has 3 aromatic rings. The highest BCUT2D eigenvalue weighted by Gasteiger charge is 2.35. The number of hydrogen-bond acceptors (Lipinski definition) is 6. The van der Waals surface area contributed by atoms with Gasteiger partial charge in [0.15, 0.2) is 0 Å². The monoisotopic (exact) mass is 398 g/mol. The molecule has 1 N–H and O–H groups in total. The minimum absolute atomic E-state index is 0.0664. The van der Waals surface area contributed by atoms with E-state index in [0.717, 1.165) is 11.3 Å². The highest BCUT2D eigenvalue weighted by atomic mass is 32.1. The molecule has 9 nitrogen and oxygen atoms in total. The van der Waals surface area contributed by atoms with E-state index >= 15 is 0 Å². The Labute approximate surface area is 164 Å². The molecule has 0 saturated carbocycles. The minimum atomic E-state index is -0.483.